The molecule has 1 atom stereocenters. The first-order valence-electron chi connectivity index (χ1n) is 5.52. The molecule has 2 N–H and O–H groups in total. The van der Waals surface area contributed by atoms with Crippen molar-refractivity contribution < 1.29 is 13.9 Å². The maximum atomic E-state index is 11.5. The van der Waals surface area contributed by atoms with Gasteiger partial charge in [0.15, 0.2) is 5.69 Å². The lowest BCUT2D eigenvalue weighted by atomic mass is 10.2. The minimum atomic E-state index is -0.541. The number of nitrogens with two attached hydrogens (primary N) is 1. The molecular weight excluding hydrogens is 234 g/mol. The van der Waals surface area contributed by atoms with Crippen LogP contribution in [0, 0.1) is 6.92 Å². The van der Waals surface area contributed by atoms with Crippen LogP contribution in [-0.2, 0) is 4.74 Å². The van der Waals surface area contributed by atoms with Crippen LogP contribution >= 0.6 is 0 Å². The Morgan fingerprint density at radius 2 is 2.33 bits per heavy atom. The van der Waals surface area contributed by atoms with Gasteiger partial charge in [-0.15, -0.1) is 0 Å². The number of nitrogen functional groups attached to an aromatic ring is 1. The number of methoxy groups -OCH3 is 1. The minimum Gasteiger partial charge on any atom is -0.467 e. The van der Waals surface area contributed by atoms with Gasteiger partial charge >= 0.3 is 5.97 Å². The number of imidazole rings is 1. The third-order valence-electron chi connectivity index (χ3n) is 2.85. The molecule has 0 aliphatic heterocycles. The minimum absolute atomic E-state index is 0.133. The highest BCUT2D eigenvalue weighted by Crippen LogP contribution is 2.26. The van der Waals surface area contributed by atoms with E-state index in [-0.39, 0.29) is 17.6 Å². The van der Waals surface area contributed by atoms with Gasteiger partial charge in [0.05, 0.1) is 19.4 Å². The topological polar surface area (TPSA) is 83.3 Å². The van der Waals surface area contributed by atoms with E-state index >= 15 is 0 Å². The highest BCUT2D eigenvalue weighted by Gasteiger charge is 2.23. The van der Waals surface area contributed by atoms with Crippen molar-refractivity contribution in [1.82, 2.24) is 9.55 Å². The van der Waals surface area contributed by atoms with Crippen molar-refractivity contribution in [3.8, 4) is 0 Å². The molecule has 0 radical (unpaired) electrons. The second-order valence-corrected chi connectivity index (χ2v) is 3.95. The molecule has 96 valence electrons. The van der Waals surface area contributed by atoms with Crippen LogP contribution in [0.4, 0.5) is 5.82 Å². The summed E-state index contributed by atoms with van der Waals surface area (Å²) in [5.74, 6) is 1.12. The first-order valence-corrected chi connectivity index (χ1v) is 5.52. The van der Waals surface area contributed by atoms with Crippen LogP contribution < -0.4 is 5.73 Å². The summed E-state index contributed by atoms with van der Waals surface area (Å²) in [4.78, 5) is 15.6. The molecule has 1 unspecified atom stereocenters. The lowest BCUT2D eigenvalue weighted by Crippen LogP contribution is -2.12. The number of carbonyl (C=O) groups is 1. The molecule has 0 amide bonds. The number of anilines is 1. The number of aromatic nitrogens is 2. The number of carbonyl (C=O) groups excluding carboxylic acids is 1. The van der Waals surface area contributed by atoms with E-state index in [4.69, 9.17) is 10.2 Å². The molecule has 0 saturated heterocycles. The summed E-state index contributed by atoms with van der Waals surface area (Å²) in [7, 11) is 1.30. The maximum Gasteiger partial charge on any atom is 0.360 e. The standard InChI is InChI=1S/C12H15N3O3/c1-7(9-5-4-6-18-9)15-8(2)14-10(11(15)13)12(16)17-3/h4-7H,13H2,1-3H3. The summed E-state index contributed by atoms with van der Waals surface area (Å²) in [5.41, 5.74) is 6.08. The van der Waals surface area contributed by atoms with Crippen molar-refractivity contribution >= 4 is 11.8 Å². The van der Waals surface area contributed by atoms with Crippen LogP contribution in [0.1, 0.15) is 35.0 Å². The van der Waals surface area contributed by atoms with Gasteiger partial charge in [-0.3, -0.25) is 0 Å². The van der Waals surface area contributed by atoms with E-state index in [2.05, 4.69) is 9.72 Å². The normalized spacial score (nSPS) is 12.4. The monoisotopic (exact) mass is 249 g/mol. The SMILES string of the molecule is COC(=O)c1nc(C)n(C(C)c2ccco2)c1N. The Kier molecular flexibility index (Phi) is 3.10. The molecule has 2 aromatic rings. The average Bonchev–Trinajstić information content (AvgIpc) is 2.96. The molecule has 6 nitrogen and oxygen atoms in total. The summed E-state index contributed by atoms with van der Waals surface area (Å²) >= 11 is 0. The second-order valence-electron chi connectivity index (χ2n) is 3.95. The fourth-order valence-electron chi connectivity index (χ4n) is 1.95. The average molecular weight is 249 g/mol. The van der Waals surface area contributed by atoms with Crippen LogP contribution in [0.5, 0.6) is 0 Å². The first kappa shape index (κ1) is 12.2. The van der Waals surface area contributed by atoms with Crippen molar-refractivity contribution in [3.05, 3.63) is 35.7 Å². The van der Waals surface area contributed by atoms with E-state index in [1.165, 1.54) is 7.11 Å². The Bertz CT molecular complexity index is 557. The highest BCUT2D eigenvalue weighted by molar-refractivity contribution is 5.92. The molecule has 0 fully saturated rings. The van der Waals surface area contributed by atoms with Crippen LogP contribution in [0.2, 0.25) is 0 Å². The Morgan fingerprint density at radius 1 is 1.61 bits per heavy atom. The van der Waals surface area contributed by atoms with Gasteiger partial charge in [-0.2, -0.15) is 0 Å². The predicted octanol–water partition coefficient (Wildman–Crippen LogP) is 1.76. The third kappa shape index (κ3) is 1.85. The molecule has 0 aromatic carbocycles. The highest BCUT2D eigenvalue weighted by atomic mass is 16.5. The lowest BCUT2D eigenvalue weighted by Gasteiger charge is -2.14. The van der Waals surface area contributed by atoms with Crippen molar-refractivity contribution in [3.63, 3.8) is 0 Å². The summed E-state index contributed by atoms with van der Waals surface area (Å²) in [5, 5.41) is 0. The predicted molar refractivity (Wildman–Crippen MR) is 65.2 cm³/mol. The number of hydrogen-bond donors (Lipinski definition) is 1. The van der Waals surface area contributed by atoms with Crippen LogP contribution in [0.25, 0.3) is 0 Å². The molecule has 0 saturated carbocycles. The van der Waals surface area contributed by atoms with E-state index in [1.54, 1.807) is 23.8 Å². The Morgan fingerprint density at radius 3 is 2.89 bits per heavy atom. The molecule has 2 heterocycles. The zero-order chi connectivity index (χ0) is 13.3. The van der Waals surface area contributed by atoms with E-state index < -0.39 is 5.97 Å². The first-order chi connectivity index (χ1) is 8.56. The Labute approximate surface area is 104 Å². The van der Waals surface area contributed by atoms with Crippen molar-refractivity contribution in [2.45, 2.75) is 19.9 Å². The molecule has 0 spiro atoms. The van der Waals surface area contributed by atoms with Gasteiger partial charge in [-0.1, -0.05) is 0 Å². The van der Waals surface area contributed by atoms with E-state index in [1.807, 2.05) is 13.0 Å². The smallest absolute Gasteiger partial charge is 0.360 e. The van der Waals surface area contributed by atoms with Crippen molar-refractivity contribution in [2.24, 2.45) is 0 Å². The van der Waals surface area contributed by atoms with Crippen LogP contribution in [-0.4, -0.2) is 22.6 Å². The van der Waals surface area contributed by atoms with Crippen LogP contribution in [0.3, 0.4) is 0 Å². The summed E-state index contributed by atoms with van der Waals surface area (Å²) in [6, 6.07) is 3.52. The Balaban J connectivity index is 2.46. The number of nitrogens with zero attached hydrogens (tertiary/aromatic N) is 2. The number of hydrogen-bond acceptors (Lipinski definition) is 5. The van der Waals surface area contributed by atoms with Gasteiger partial charge in [-0.25, -0.2) is 9.78 Å². The van der Waals surface area contributed by atoms with Crippen LogP contribution in [0.15, 0.2) is 22.8 Å². The third-order valence-corrected chi connectivity index (χ3v) is 2.85. The van der Waals surface area contributed by atoms with Gasteiger partial charge in [0, 0.05) is 0 Å². The summed E-state index contributed by atoms with van der Waals surface area (Å²) in [6.07, 6.45) is 1.59. The number of rotatable bonds is 3. The van der Waals surface area contributed by atoms with E-state index in [9.17, 15) is 4.79 Å². The zero-order valence-corrected chi connectivity index (χ0v) is 10.5. The number of furan rings is 1. The molecule has 0 aliphatic carbocycles. The van der Waals surface area contributed by atoms with Crippen molar-refractivity contribution in [1.29, 1.82) is 0 Å². The Hall–Kier alpha value is -2.24. The van der Waals surface area contributed by atoms with Gasteiger partial charge in [0.25, 0.3) is 0 Å². The number of ether oxygens (including phenoxy) is 1. The molecule has 6 heteroatoms. The molecular formula is C12H15N3O3. The number of esters is 1. The van der Waals surface area contributed by atoms with E-state index in [0.717, 1.165) is 5.76 Å². The maximum absolute atomic E-state index is 11.5. The molecule has 18 heavy (non-hydrogen) atoms. The number of aryl methyl sites for hydroxylation is 1. The second kappa shape index (κ2) is 4.56. The molecule has 2 rings (SSSR count). The van der Waals surface area contributed by atoms with Gasteiger partial charge < -0.3 is 19.5 Å². The lowest BCUT2D eigenvalue weighted by molar-refractivity contribution is 0.0595. The fourth-order valence-corrected chi connectivity index (χ4v) is 1.95. The summed E-state index contributed by atoms with van der Waals surface area (Å²) in [6.45, 7) is 3.70. The fraction of sp³-hybridized carbons (Fsp3) is 0.333. The van der Waals surface area contributed by atoms with E-state index in [0.29, 0.717) is 5.82 Å². The molecule has 0 aliphatic rings. The van der Waals surface area contributed by atoms with Crippen molar-refractivity contribution in [2.75, 3.05) is 12.8 Å². The quantitative estimate of drug-likeness (QED) is 0.838. The molecule has 2 aromatic heterocycles. The summed E-state index contributed by atoms with van der Waals surface area (Å²) < 4.78 is 11.7. The van der Waals surface area contributed by atoms with Gasteiger partial charge in [-0.05, 0) is 26.0 Å². The largest absolute Gasteiger partial charge is 0.467 e. The van der Waals surface area contributed by atoms with Gasteiger partial charge in [0.1, 0.15) is 17.4 Å². The molecule has 0 bridgehead atoms. The van der Waals surface area contributed by atoms with Gasteiger partial charge in [0.2, 0.25) is 0 Å². The zero-order valence-electron chi connectivity index (χ0n) is 10.5.